The molecule has 2 unspecified atom stereocenters. The Morgan fingerprint density at radius 1 is 1.27 bits per heavy atom. The van der Waals surface area contributed by atoms with E-state index in [1.807, 2.05) is 13.0 Å². The van der Waals surface area contributed by atoms with Crippen LogP contribution in [0.25, 0.3) is 0 Å². The molecule has 0 aromatic heterocycles. The Labute approximate surface area is 133 Å². The normalized spacial score (nSPS) is 22.5. The second-order valence-corrected chi connectivity index (χ2v) is 6.03. The summed E-state index contributed by atoms with van der Waals surface area (Å²) in [7, 11) is 0. The molecule has 2 rings (SSSR count). The van der Waals surface area contributed by atoms with Gasteiger partial charge in [0.2, 0.25) is 0 Å². The van der Waals surface area contributed by atoms with Crippen LogP contribution < -0.4 is 5.32 Å². The summed E-state index contributed by atoms with van der Waals surface area (Å²) in [4.78, 5) is 14.2. The van der Waals surface area contributed by atoms with E-state index in [2.05, 4.69) is 41.4 Å². The first-order valence-electron chi connectivity index (χ1n) is 8.36. The number of ether oxygens (including phenoxy) is 1. The third-order valence-electron chi connectivity index (χ3n) is 4.26. The van der Waals surface area contributed by atoms with Crippen molar-refractivity contribution in [2.75, 3.05) is 26.2 Å². The molecule has 1 aromatic carbocycles. The van der Waals surface area contributed by atoms with Crippen LogP contribution in [0, 0.1) is 5.92 Å². The van der Waals surface area contributed by atoms with Crippen molar-refractivity contribution in [2.45, 2.75) is 39.3 Å². The molecule has 1 saturated heterocycles. The van der Waals surface area contributed by atoms with Gasteiger partial charge in [-0.15, -0.1) is 0 Å². The number of hydrogen-bond donors (Lipinski definition) is 1. The van der Waals surface area contributed by atoms with Crippen LogP contribution in [0.15, 0.2) is 30.3 Å². The zero-order valence-electron chi connectivity index (χ0n) is 13.8. The molecule has 1 aliphatic heterocycles. The minimum absolute atomic E-state index is 0.0627. The van der Waals surface area contributed by atoms with Gasteiger partial charge in [-0.2, -0.15) is 0 Å². The number of esters is 1. The van der Waals surface area contributed by atoms with Gasteiger partial charge in [-0.1, -0.05) is 37.3 Å². The number of rotatable bonds is 7. The number of benzene rings is 1. The lowest BCUT2D eigenvalue weighted by Crippen LogP contribution is -2.49. The summed E-state index contributed by atoms with van der Waals surface area (Å²) in [6.07, 6.45) is 1.58. The summed E-state index contributed by atoms with van der Waals surface area (Å²) in [6.45, 7) is 8.49. The molecule has 22 heavy (non-hydrogen) atoms. The van der Waals surface area contributed by atoms with E-state index in [4.69, 9.17) is 4.74 Å². The van der Waals surface area contributed by atoms with Gasteiger partial charge in [-0.25, -0.2) is 0 Å². The number of nitrogens with zero attached hydrogens (tertiary/aromatic N) is 1. The van der Waals surface area contributed by atoms with E-state index in [0.29, 0.717) is 25.0 Å². The van der Waals surface area contributed by atoms with Crippen molar-refractivity contribution in [1.29, 1.82) is 0 Å². The Kier molecular flexibility index (Phi) is 6.87. The maximum atomic E-state index is 11.7. The summed E-state index contributed by atoms with van der Waals surface area (Å²) in [5.74, 6) is 0.327. The molecule has 0 radical (unpaired) electrons. The Balaban J connectivity index is 1.85. The Hall–Kier alpha value is -1.39. The predicted octanol–water partition coefficient (Wildman–Crippen LogP) is 2.44. The summed E-state index contributed by atoms with van der Waals surface area (Å²) >= 11 is 0. The van der Waals surface area contributed by atoms with Gasteiger partial charge < -0.3 is 15.0 Å². The molecule has 1 fully saturated rings. The van der Waals surface area contributed by atoms with Crippen molar-refractivity contribution >= 4 is 5.97 Å². The molecule has 0 aliphatic carbocycles. The molecule has 1 aliphatic rings. The highest BCUT2D eigenvalue weighted by Gasteiger charge is 2.28. The number of likely N-dealkylation sites (N-methyl/N-ethyl adjacent to an activating group) is 1. The van der Waals surface area contributed by atoms with E-state index < -0.39 is 0 Å². The van der Waals surface area contributed by atoms with Crippen LogP contribution in [-0.2, 0) is 16.1 Å². The van der Waals surface area contributed by atoms with Gasteiger partial charge in [-0.05, 0) is 31.4 Å². The molecule has 2 atom stereocenters. The molecule has 0 amide bonds. The predicted molar refractivity (Wildman–Crippen MR) is 88.5 cm³/mol. The molecular weight excluding hydrogens is 276 g/mol. The maximum Gasteiger partial charge on any atom is 0.306 e. The van der Waals surface area contributed by atoms with Crippen molar-refractivity contribution in [2.24, 2.45) is 5.92 Å². The van der Waals surface area contributed by atoms with Crippen LogP contribution in [0.2, 0.25) is 0 Å². The fourth-order valence-electron chi connectivity index (χ4n) is 3.17. The van der Waals surface area contributed by atoms with Gasteiger partial charge in [-0.3, -0.25) is 4.79 Å². The third kappa shape index (κ3) is 5.43. The van der Waals surface area contributed by atoms with Gasteiger partial charge in [0.1, 0.15) is 0 Å². The SMILES string of the molecule is CCOC(=O)CC1CC(NCc2ccccc2)CN(CC)C1. The van der Waals surface area contributed by atoms with E-state index in [1.54, 1.807) is 0 Å². The zero-order valence-corrected chi connectivity index (χ0v) is 13.8. The topological polar surface area (TPSA) is 41.6 Å². The average molecular weight is 304 g/mol. The Morgan fingerprint density at radius 2 is 2.05 bits per heavy atom. The second-order valence-electron chi connectivity index (χ2n) is 6.03. The van der Waals surface area contributed by atoms with Crippen LogP contribution in [0.5, 0.6) is 0 Å². The average Bonchev–Trinajstić information content (AvgIpc) is 2.54. The van der Waals surface area contributed by atoms with Gasteiger partial charge in [0, 0.05) is 32.1 Å². The lowest BCUT2D eigenvalue weighted by atomic mass is 9.91. The summed E-state index contributed by atoms with van der Waals surface area (Å²) in [5.41, 5.74) is 1.30. The standard InChI is InChI=1S/C18H28N2O2/c1-3-20-13-16(11-18(21)22-4-2)10-17(14-20)19-12-15-8-6-5-7-9-15/h5-9,16-17,19H,3-4,10-14H2,1-2H3. The Bertz CT molecular complexity index is 450. The van der Waals surface area contributed by atoms with Gasteiger partial charge in [0.15, 0.2) is 0 Å². The minimum Gasteiger partial charge on any atom is -0.466 e. The molecule has 0 saturated carbocycles. The highest BCUT2D eigenvalue weighted by molar-refractivity contribution is 5.69. The summed E-state index contributed by atoms with van der Waals surface area (Å²) in [6, 6.07) is 10.9. The molecule has 0 bridgehead atoms. The smallest absolute Gasteiger partial charge is 0.306 e. The lowest BCUT2D eigenvalue weighted by molar-refractivity contribution is -0.144. The lowest BCUT2D eigenvalue weighted by Gasteiger charge is -2.37. The quantitative estimate of drug-likeness (QED) is 0.786. The fraction of sp³-hybridized carbons (Fsp3) is 0.611. The van der Waals surface area contributed by atoms with E-state index in [1.165, 1.54) is 5.56 Å². The van der Waals surface area contributed by atoms with Crippen molar-refractivity contribution in [3.05, 3.63) is 35.9 Å². The van der Waals surface area contributed by atoms with Crippen LogP contribution in [0.3, 0.4) is 0 Å². The molecule has 0 spiro atoms. The largest absolute Gasteiger partial charge is 0.466 e. The van der Waals surface area contributed by atoms with Gasteiger partial charge in [0.05, 0.1) is 6.61 Å². The minimum atomic E-state index is -0.0627. The molecule has 1 aromatic rings. The zero-order chi connectivity index (χ0) is 15.8. The fourth-order valence-corrected chi connectivity index (χ4v) is 3.17. The van der Waals surface area contributed by atoms with E-state index in [0.717, 1.165) is 32.6 Å². The number of carbonyl (C=O) groups is 1. The molecule has 1 heterocycles. The van der Waals surface area contributed by atoms with E-state index in [-0.39, 0.29) is 5.97 Å². The molecule has 4 heteroatoms. The van der Waals surface area contributed by atoms with Crippen LogP contribution in [0.4, 0.5) is 0 Å². The molecular formula is C18H28N2O2. The third-order valence-corrected chi connectivity index (χ3v) is 4.26. The first kappa shape index (κ1) is 17.0. The second kappa shape index (κ2) is 8.91. The number of piperidine rings is 1. The van der Waals surface area contributed by atoms with E-state index in [9.17, 15) is 4.79 Å². The number of likely N-dealkylation sites (tertiary alicyclic amines) is 1. The van der Waals surface area contributed by atoms with Crippen LogP contribution in [0.1, 0.15) is 32.3 Å². The van der Waals surface area contributed by atoms with E-state index >= 15 is 0 Å². The summed E-state index contributed by atoms with van der Waals surface area (Å²) < 4.78 is 5.10. The number of nitrogens with one attached hydrogen (secondary N) is 1. The number of carbonyl (C=O) groups excluding carboxylic acids is 1. The van der Waals surface area contributed by atoms with Crippen molar-refractivity contribution in [3.63, 3.8) is 0 Å². The van der Waals surface area contributed by atoms with Crippen LogP contribution >= 0.6 is 0 Å². The molecule has 122 valence electrons. The van der Waals surface area contributed by atoms with Crippen molar-refractivity contribution in [1.82, 2.24) is 10.2 Å². The van der Waals surface area contributed by atoms with Gasteiger partial charge >= 0.3 is 5.97 Å². The highest BCUT2D eigenvalue weighted by Crippen LogP contribution is 2.21. The van der Waals surface area contributed by atoms with Gasteiger partial charge in [0.25, 0.3) is 0 Å². The summed E-state index contributed by atoms with van der Waals surface area (Å²) in [5, 5.41) is 3.64. The van der Waals surface area contributed by atoms with Crippen LogP contribution in [-0.4, -0.2) is 43.2 Å². The van der Waals surface area contributed by atoms with Crippen molar-refractivity contribution < 1.29 is 9.53 Å². The maximum absolute atomic E-state index is 11.7. The number of hydrogen-bond acceptors (Lipinski definition) is 4. The molecule has 1 N–H and O–H groups in total. The highest BCUT2D eigenvalue weighted by atomic mass is 16.5. The molecule has 4 nitrogen and oxygen atoms in total. The van der Waals surface area contributed by atoms with Crippen molar-refractivity contribution in [3.8, 4) is 0 Å². The Morgan fingerprint density at radius 3 is 2.73 bits per heavy atom. The monoisotopic (exact) mass is 304 g/mol. The first-order chi connectivity index (χ1) is 10.7. The first-order valence-corrected chi connectivity index (χ1v) is 8.36.